The fourth-order valence-electron chi connectivity index (χ4n) is 7.50. The van der Waals surface area contributed by atoms with E-state index in [-0.39, 0.29) is 0 Å². The van der Waals surface area contributed by atoms with E-state index in [1.165, 1.54) is 18.4 Å². The van der Waals surface area contributed by atoms with E-state index in [2.05, 4.69) is 30.3 Å². The molecule has 5 aliphatic rings. The molecule has 0 radical (unpaired) electrons. The SMILES string of the molecule is O=C1C2C3CC4C2C(Cc2ccccc2)C2C1C3C42. The summed E-state index contributed by atoms with van der Waals surface area (Å²) >= 11 is 0. The zero-order valence-electron chi connectivity index (χ0n) is 10.9. The van der Waals surface area contributed by atoms with Gasteiger partial charge in [-0.3, -0.25) is 4.79 Å². The first-order chi connectivity index (χ1) is 9.36. The van der Waals surface area contributed by atoms with Crippen molar-refractivity contribution < 1.29 is 4.79 Å². The molecule has 1 aromatic rings. The average molecular weight is 250 g/mol. The fraction of sp³-hybridized carbons (Fsp3) is 0.611. The zero-order chi connectivity index (χ0) is 12.3. The van der Waals surface area contributed by atoms with Crippen molar-refractivity contribution in [2.45, 2.75) is 12.8 Å². The van der Waals surface area contributed by atoms with Gasteiger partial charge in [-0.25, -0.2) is 0 Å². The second kappa shape index (κ2) is 2.82. The van der Waals surface area contributed by atoms with Crippen LogP contribution in [0.5, 0.6) is 0 Å². The van der Waals surface area contributed by atoms with Gasteiger partial charge in [0.05, 0.1) is 0 Å². The minimum absolute atomic E-state index is 0.503. The Morgan fingerprint density at radius 2 is 1.74 bits per heavy atom. The predicted molar refractivity (Wildman–Crippen MR) is 71.2 cm³/mol. The summed E-state index contributed by atoms with van der Waals surface area (Å²) in [5.74, 6) is 7.72. The largest absolute Gasteiger partial charge is 0.299 e. The predicted octanol–water partition coefficient (Wildman–Crippen LogP) is 2.80. The first-order valence-corrected chi connectivity index (χ1v) is 7.94. The smallest absolute Gasteiger partial charge is 0.140 e. The molecule has 0 amide bonds. The third-order valence-electron chi connectivity index (χ3n) is 7.58. The standard InChI is InChI=1S/C18H18O/c19-18-16-11-7-10-12(16)9(6-8-4-2-1-3-5-8)14-13(10)15(11)17(14)18/h1-5,9-17H,6-7H2. The molecule has 1 aromatic carbocycles. The summed E-state index contributed by atoms with van der Waals surface area (Å²) in [6.45, 7) is 0. The summed E-state index contributed by atoms with van der Waals surface area (Å²) in [5.41, 5.74) is 1.49. The summed E-state index contributed by atoms with van der Waals surface area (Å²) in [6, 6.07) is 11.0. The van der Waals surface area contributed by atoms with Crippen LogP contribution in [0.25, 0.3) is 0 Å². The summed E-state index contributed by atoms with van der Waals surface area (Å²) in [4.78, 5) is 12.5. The summed E-state index contributed by atoms with van der Waals surface area (Å²) in [6.07, 6.45) is 2.65. The summed E-state index contributed by atoms with van der Waals surface area (Å²) in [5, 5.41) is 0. The molecule has 5 aliphatic carbocycles. The van der Waals surface area contributed by atoms with Gasteiger partial charge in [-0.05, 0) is 59.8 Å². The molecule has 1 heteroatoms. The van der Waals surface area contributed by atoms with E-state index >= 15 is 0 Å². The lowest BCUT2D eigenvalue weighted by Gasteiger charge is -2.46. The summed E-state index contributed by atoms with van der Waals surface area (Å²) < 4.78 is 0. The van der Waals surface area contributed by atoms with E-state index < -0.39 is 0 Å². The normalized spacial score (nSPS) is 58.1. The van der Waals surface area contributed by atoms with E-state index in [0.717, 1.165) is 41.4 Å². The number of benzene rings is 1. The number of Topliss-reactive ketones (excluding diaryl/α,β-unsaturated/α-hetero) is 1. The second-order valence-corrected chi connectivity index (χ2v) is 7.68. The quantitative estimate of drug-likeness (QED) is 0.789. The minimum atomic E-state index is 0.503. The highest BCUT2D eigenvalue weighted by atomic mass is 16.1. The van der Waals surface area contributed by atoms with Gasteiger partial charge in [0.1, 0.15) is 5.78 Å². The Hall–Kier alpha value is -1.11. The molecule has 5 saturated carbocycles. The number of ketones is 1. The van der Waals surface area contributed by atoms with Crippen LogP contribution >= 0.6 is 0 Å². The van der Waals surface area contributed by atoms with Crippen molar-refractivity contribution in [2.75, 3.05) is 0 Å². The molecule has 0 aromatic heterocycles. The molecular formula is C18H18O. The average Bonchev–Trinajstić information content (AvgIpc) is 2.91. The zero-order valence-corrected chi connectivity index (χ0v) is 10.9. The van der Waals surface area contributed by atoms with Gasteiger partial charge in [0, 0.05) is 11.8 Å². The summed E-state index contributed by atoms with van der Waals surface area (Å²) in [7, 11) is 0. The Bertz CT molecular complexity index is 591. The number of rotatable bonds is 2. The molecule has 0 N–H and O–H groups in total. The third-order valence-corrected chi connectivity index (χ3v) is 7.58. The van der Waals surface area contributed by atoms with Crippen LogP contribution in [-0.4, -0.2) is 5.78 Å². The first-order valence-electron chi connectivity index (χ1n) is 7.94. The number of carbonyl (C=O) groups is 1. The van der Waals surface area contributed by atoms with Crippen LogP contribution in [0.2, 0.25) is 0 Å². The van der Waals surface area contributed by atoms with Crippen LogP contribution in [0.15, 0.2) is 30.3 Å². The van der Waals surface area contributed by atoms with Crippen LogP contribution in [0, 0.1) is 53.3 Å². The van der Waals surface area contributed by atoms with Crippen molar-refractivity contribution in [2.24, 2.45) is 53.3 Å². The molecule has 96 valence electrons. The van der Waals surface area contributed by atoms with Crippen LogP contribution < -0.4 is 0 Å². The Morgan fingerprint density at radius 3 is 2.58 bits per heavy atom. The number of carbonyl (C=O) groups excluding carboxylic acids is 1. The van der Waals surface area contributed by atoms with Crippen molar-refractivity contribution in [3.05, 3.63) is 35.9 Å². The Morgan fingerprint density at radius 1 is 0.895 bits per heavy atom. The van der Waals surface area contributed by atoms with Crippen molar-refractivity contribution in [3.8, 4) is 0 Å². The topological polar surface area (TPSA) is 17.1 Å². The molecule has 2 bridgehead atoms. The highest BCUT2D eigenvalue weighted by Crippen LogP contribution is 2.83. The van der Waals surface area contributed by atoms with Crippen molar-refractivity contribution in [3.63, 3.8) is 0 Å². The van der Waals surface area contributed by atoms with Crippen LogP contribution in [0.3, 0.4) is 0 Å². The van der Waals surface area contributed by atoms with Gasteiger partial charge in [0.15, 0.2) is 0 Å². The van der Waals surface area contributed by atoms with E-state index in [1.807, 2.05) is 0 Å². The molecular weight excluding hydrogens is 232 g/mol. The van der Waals surface area contributed by atoms with Crippen LogP contribution in [0.4, 0.5) is 0 Å². The van der Waals surface area contributed by atoms with Gasteiger partial charge in [-0.15, -0.1) is 0 Å². The van der Waals surface area contributed by atoms with E-state index in [1.54, 1.807) is 0 Å². The molecule has 0 aliphatic heterocycles. The van der Waals surface area contributed by atoms with Gasteiger partial charge in [0.25, 0.3) is 0 Å². The molecule has 5 fully saturated rings. The Kier molecular flexibility index (Phi) is 1.45. The highest BCUT2D eigenvalue weighted by molar-refractivity contribution is 5.91. The van der Waals surface area contributed by atoms with Gasteiger partial charge >= 0.3 is 0 Å². The maximum absolute atomic E-state index is 12.5. The minimum Gasteiger partial charge on any atom is -0.299 e. The lowest BCUT2D eigenvalue weighted by atomic mass is 9.56. The number of hydrogen-bond donors (Lipinski definition) is 0. The molecule has 9 unspecified atom stereocenters. The number of hydrogen-bond acceptors (Lipinski definition) is 1. The van der Waals surface area contributed by atoms with E-state index in [9.17, 15) is 4.79 Å². The lowest BCUT2D eigenvalue weighted by Crippen LogP contribution is -2.48. The molecule has 0 heterocycles. The Labute approximate surface area is 113 Å². The first kappa shape index (κ1) is 9.74. The molecule has 1 nitrogen and oxygen atoms in total. The van der Waals surface area contributed by atoms with E-state index in [4.69, 9.17) is 0 Å². The molecule has 0 spiro atoms. The molecule has 19 heavy (non-hydrogen) atoms. The van der Waals surface area contributed by atoms with E-state index in [0.29, 0.717) is 17.6 Å². The van der Waals surface area contributed by atoms with Crippen molar-refractivity contribution >= 4 is 5.78 Å². The molecule has 0 saturated heterocycles. The number of fused-ring (bicyclic) bond motifs is 2. The monoisotopic (exact) mass is 250 g/mol. The maximum atomic E-state index is 12.5. The fourth-order valence-corrected chi connectivity index (χ4v) is 7.50. The van der Waals surface area contributed by atoms with Crippen molar-refractivity contribution in [1.29, 1.82) is 0 Å². The van der Waals surface area contributed by atoms with Crippen LogP contribution in [-0.2, 0) is 11.2 Å². The Balaban J connectivity index is 1.43. The van der Waals surface area contributed by atoms with Crippen molar-refractivity contribution in [1.82, 2.24) is 0 Å². The molecule has 9 atom stereocenters. The third kappa shape index (κ3) is 0.837. The lowest BCUT2D eigenvalue weighted by molar-refractivity contribution is -0.136. The van der Waals surface area contributed by atoms with Crippen LogP contribution in [0.1, 0.15) is 12.0 Å². The molecule has 6 rings (SSSR count). The van der Waals surface area contributed by atoms with Gasteiger partial charge in [0.2, 0.25) is 0 Å². The van der Waals surface area contributed by atoms with Gasteiger partial charge in [-0.1, -0.05) is 30.3 Å². The van der Waals surface area contributed by atoms with Gasteiger partial charge < -0.3 is 0 Å². The second-order valence-electron chi connectivity index (χ2n) is 7.68. The highest BCUT2D eigenvalue weighted by Gasteiger charge is 2.83. The maximum Gasteiger partial charge on any atom is 0.140 e. The van der Waals surface area contributed by atoms with Gasteiger partial charge in [-0.2, -0.15) is 0 Å².